The zero-order valence-electron chi connectivity index (χ0n) is 14.3. The van der Waals surface area contributed by atoms with Crippen LogP contribution in [-0.2, 0) is 17.6 Å². The van der Waals surface area contributed by atoms with Crippen molar-refractivity contribution in [3.05, 3.63) is 53.1 Å². The highest BCUT2D eigenvalue weighted by molar-refractivity contribution is 5.81. The maximum absolute atomic E-state index is 6.34. The van der Waals surface area contributed by atoms with Crippen molar-refractivity contribution in [3.8, 4) is 16.9 Å². The van der Waals surface area contributed by atoms with Crippen molar-refractivity contribution in [2.45, 2.75) is 44.1 Å². The van der Waals surface area contributed by atoms with Crippen molar-refractivity contribution >= 4 is 0 Å². The predicted molar refractivity (Wildman–Crippen MR) is 95.6 cm³/mol. The lowest BCUT2D eigenvalue weighted by Gasteiger charge is -2.29. The van der Waals surface area contributed by atoms with Crippen LogP contribution in [0.25, 0.3) is 11.1 Å². The van der Waals surface area contributed by atoms with Gasteiger partial charge in [-0.2, -0.15) is 0 Å². The minimum atomic E-state index is 0.108. The number of methoxy groups -OCH3 is 1. The lowest BCUT2D eigenvalue weighted by molar-refractivity contribution is -0.00766. The van der Waals surface area contributed by atoms with Crippen LogP contribution in [-0.4, -0.2) is 19.3 Å². The summed E-state index contributed by atoms with van der Waals surface area (Å²) in [5.74, 6) is 1.78. The van der Waals surface area contributed by atoms with Gasteiger partial charge < -0.3 is 9.47 Å². The Labute approximate surface area is 143 Å². The average molecular weight is 320 g/mol. The van der Waals surface area contributed by atoms with Crippen LogP contribution in [0.2, 0.25) is 0 Å². The molecule has 0 radical (unpaired) electrons. The Kier molecular flexibility index (Phi) is 3.24. The Morgan fingerprint density at radius 3 is 3.00 bits per heavy atom. The van der Waals surface area contributed by atoms with Crippen molar-refractivity contribution in [2.75, 3.05) is 13.7 Å². The molecule has 0 bridgehead atoms. The van der Waals surface area contributed by atoms with Gasteiger partial charge in [0.15, 0.2) is 0 Å². The smallest absolute Gasteiger partial charge is 0.123 e. The molecular formula is C22H24O2. The molecule has 1 saturated heterocycles. The topological polar surface area (TPSA) is 18.5 Å². The summed E-state index contributed by atoms with van der Waals surface area (Å²) in [5, 5.41) is 0. The van der Waals surface area contributed by atoms with Crippen molar-refractivity contribution in [1.82, 2.24) is 0 Å². The number of hydrogen-bond acceptors (Lipinski definition) is 2. The Bertz CT molecular complexity index is 783. The predicted octanol–water partition coefficient (Wildman–Crippen LogP) is 4.77. The molecule has 0 amide bonds. The minimum absolute atomic E-state index is 0.108. The van der Waals surface area contributed by atoms with Crippen molar-refractivity contribution < 1.29 is 9.47 Å². The Morgan fingerprint density at radius 1 is 1.17 bits per heavy atom. The summed E-state index contributed by atoms with van der Waals surface area (Å²) >= 11 is 0. The minimum Gasteiger partial charge on any atom is -0.496 e. The van der Waals surface area contributed by atoms with Crippen molar-refractivity contribution in [2.24, 2.45) is 5.92 Å². The normalized spacial score (nSPS) is 27.0. The lowest BCUT2D eigenvalue weighted by atomic mass is 9.82. The van der Waals surface area contributed by atoms with Gasteiger partial charge in [-0.25, -0.2) is 0 Å². The van der Waals surface area contributed by atoms with Gasteiger partial charge in [-0.3, -0.25) is 0 Å². The van der Waals surface area contributed by atoms with Crippen LogP contribution in [0.4, 0.5) is 0 Å². The van der Waals surface area contributed by atoms with Crippen LogP contribution in [0.3, 0.4) is 0 Å². The number of hydrogen-bond donors (Lipinski definition) is 0. The molecule has 124 valence electrons. The maximum atomic E-state index is 6.34. The van der Waals surface area contributed by atoms with Gasteiger partial charge in [0.1, 0.15) is 5.75 Å². The van der Waals surface area contributed by atoms with E-state index in [9.17, 15) is 0 Å². The van der Waals surface area contributed by atoms with Gasteiger partial charge in [0.25, 0.3) is 0 Å². The third-order valence-corrected chi connectivity index (χ3v) is 6.47. The number of fused-ring (bicyclic) bond motifs is 4. The molecule has 2 aromatic rings. The van der Waals surface area contributed by atoms with Gasteiger partial charge in [-0.05, 0) is 53.5 Å². The van der Waals surface area contributed by atoms with Crippen LogP contribution < -0.4 is 4.74 Å². The number of benzene rings is 2. The summed E-state index contributed by atoms with van der Waals surface area (Å²) in [5.41, 5.74) is 7.17. The van der Waals surface area contributed by atoms with Gasteiger partial charge >= 0.3 is 0 Å². The summed E-state index contributed by atoms with van der Waals surface area (Å²) in [6.45, 7) is 0.949. The highest BCUT2D eigenvalue weighted by Gasteiger charge is 2.47. The first-order valence-corrected chi connectivity index (χ1v) is 9.22. The summed E-state index contributed by atoms with van der Waals surface area (Å²) in [4.78, 5) is 0. The molecule has 1 aliphatic heterocycles. The second-order valence-electron chi connectivity index (χ2n) is 7.58. The first kappa shape index (κ1) is 14.5. The number of ether oxygens (including phenoxy) is 2. The van der Waals surface area contributed by atoms with Crippen LogP contribution in [0, 0.1) is 5.92 Å². The molecule has 0 N–H and O–H groups in total. The fourth-order valence-electron chi connectivity index (χ4n) is 5.38. The molecule has 2 aromatic carbocycles. The van der Waals surface area contributed by atoms with Gasteiger partial charge in [0.05, 0.1) is 12.7 Å². The Balaban J connectivity index is 1.60. The molecule has 2 atom stereocenters. The van der Waals surface area contributed by atoms with E-state index in [4.69, 9.17) is 9.47 Å². The van der Waals surface area contributed by atoms with Gasteiger partial charge in [0.2, 0.25) is 0 Å². The third kappa shape index (κ3) is 1.99. The van der Waals surface area contributed by atoms with E-state index in [0.29, 0.717) is 0 Å². The summed E-state index contributed by atoms with van der Waals surface area (Å²) in [6.07, 6.45) is 7.20. The molecule has 2 heteroatoms. The quantitative estimate of drug-likeness (QED) is 0.692. The van der Waals surface area contributed by atoms with Crippen LogP contribution in [0.5, 0.6) is 5.75 Å². The standard InChI is InChI=1S/C22H24O2/c1-23-20-9-3-8-18-19(20)13-15-5-2-6-16(21(15)18)14-22-11-4-7-17(22)10-12-24-22/h2-3,5-6,8-9,17H,4,7,10-14H2,1H3. The summed E-state index contributed by atoms with van der Waals surface area (Å²) in [6, 6.07) is 13.3. The van der Waals surface area contributed by atoms with E-state index in [2.05, 4.69) is 36.4 Å². The van der Waals surface area contributed by atoms with Crippen molar-refractivity contribution in [1.29, 1.82) is 0 Å². The van der Waals surface area contributed by atoms with Crippen LogP contribution in [0.1, 0.15) is 42.4 Å². The molecule has 2 aliphatic carbocycles. The van der Waals surface area contributed by atoms with E-state index in [1.807, 2.05) is 0 Å². The van der Waals surface area contributed by atoms with E-state index in [1.54, 1.807) is 7.11 Å². The van der Waals surface area contributed by atoms with E-state index in [-0.39, 0.29) is 5.60 Å². The van der Waals surface area contributed by atoms with E-state index in [1.165, 1.54) is 53.5 Å². The van der Waals surface area contributed by atoms with E-state index >= 15 is 0 Å². The largest absolute Gasteiger partial charge is 0.496 e. The van der Waals surface area contributed by atoms with Gasteiger partial charge in [0, 0.05) is 25.0 Å². The Hall–Kier alpha value is -1.80. The molecule has 3 aliphatic rings. The first-order chi connectivity index (χ1) is 11.8. The molecule has 24 heavy (non-hydrogen) atoms. The Morgan fingerprint density at radius 2 is 2.08 bits per heavy atom. The number of rotatable bonds is 3. The average Bonchev–Trinajstić information content (AvgIpc) is 3.25. The van der Waals surface area contributed by atoms with Crippen molar-refractivity contribution in [3.63, 3.8) is 0 Å². The van der Waals surface area contributed by atoms with E-state index < -0.39 is 0 Å². The monoisotopic (exact) mass is 320 g/mol. The highest BCUT2D eigenvalue weighted by Crippen LogP contribution is 2.50. The molecule has 2 unspecified atom stereocenters. The zero-order valence-corrected chi connectivity index (χ0v) is 14.3. The van der Waals surface area contributed by atoms with Crippen LogP contribution in [0.15, 0.2) is 36.4 Å². The molecule has 1 heterocycles. The zero-order chi connectivity index (χ0) is 16.1. The van der Waals surface area contributed by atoms with Crippen LogP contribution >= 0.6 is 0 Å². The lowest BCUT2D eigenvalue weighted by Crippen LogP contribution is -2.33. The molecule has 5 rings (SSSR count). The molecule has 0 spiro atoms. The fourth-order valence-corrected chi connectivity index (χ4v) is 5.38. The fraction of sp³-hybridized carbons (Fsp3) is 0.455. The molecular weight excluding hydrogens is 296 g/mol. The summed E-state index contributed by atoms with van der Waals surface area (Å²) < 4.78 is 11.9. The molecule has 2 nitrogen and oxygen atoms in total. The molecule has 0 aromatic heterocycles. The highest BCUT2D eigenvalue weighted by atomic mass is 16.5. The first-order valence-electron chi connectivity index (χ1n) is 9.22. The maximum Gasteiger partial charge on any atom is 0.123 e. The van der Waals surface area contributed by atoms with Gasteiger partial charge in [-0.15, -0.1) is 0 Å². The van der Waals surface area contributed by atoms with Gasteiger partial charge in [-0.1, -0.05) is 36.8 Å². The SMILES string of the molecule is COc1cccc2c1Cc1cccc(CC34CCCC3CCO4)c1-2. The van der Waals surface area contributed by atoms with E-state index in [0.717, 1.165) is 31.1 Å². The molecule has 2 fully saturated rings. The molecule has 1 saturated carbocycles. The third-order valence-electron chi connectivity index (χ3n) is 6.47. The second kappa shape index (κ2) is 5.35. The summed E-state index contributed by atoms with van der Waals surface area (Å²) in [7, 11) is 1.77. The second-order valence-corrected chi connectivity index (χ2v) is 7.58.